The molecule has 0 heterocycles. The molecule has 0 saturated heterocycles. The van der Waals surface area contributed by atoms with Crippen molar-refractivity contribution >= 4 is 11.9 Å². The normalized spacial score (nSPS) is 10.7. The maximum atomic E-state index is 12.2. The van der Waals surface area contributed by atoms with E-state index in [1.165, 1.54) is 6.08 Å². The average molecular weight is 276 g/mol. The number of ether oxygens (including phenoxy) is 2. The van der Waals surface area contributed by atoms with Gasteiger partial charge in [0.15, 0.2) is 5.41 Å². The zero-order chi connectivity index (χ0) is 15.0. The fourth-order valence-corrected chi connectivity index (χ4v) is 1.90. The summed E-state index contributed by atoms with van der Waals surface area (Å²) in [6.07, 6.45) is 1.49. The van der Waals surface area contributed by atoms with Crippen molar-refractivity contribution in [2.24, 2.45) is 5.41 Å². The van der Waals surface area contributed by atoms with Crippen LogP contribution in [0.5, 0.6) is 0 Å². The van der Waals surface area contributed by atoms with Gasteiger partial charge in [0.2, 0.25) is 0 Å². The van der Waals surface area contributed by atoms with Gasteiger partial charge >= 0.3 is 11.9 Å². The number of rotatable bonds is 7. The molecule has 0 aliphatic carbocycles. The van der Waals surface area contributed by atoms with E-state index >= 15 is 0 Å². The Morgan fingerprint density at radius 2 is 1.60 bits per heavy atom. The van der Waals surface area contributed by atoms with E-state index in [0.29, 0.717) is 0 Å². The molecule has 0 unspecified atom stereocenters. The van der Waals surface area contributed by atoms with Crippen LogP contribution in [0.25, 0.3) is 0 Å². The highest BCUT2D eigenvalue weighted by Gasteiger charge is 2.46. The minimum absolute atomic E-state index is 0.176. The largest absolute Gasteiger partial charge is 0.465 e. The zero-order valence-corrected chi connectivity index (χ0v) is 11.9. The molecule has 0 fully saturated rings. The van der Waals surface area contributed by atoms with E-state index in [1.807, 2.05) is 30.3 Å². The monoisotopic (exact) mass is 276 g/mol. The van der Waals surface area contributed by atoms with Gasteiger partial charge < -0.3 is 9.47 Å². The number of esters is 2. The summed E-state index contributed by atoms with van der Waals surface area (Å²) in [6.45, 7) is 7.42. The van der Waals surface area contributed by atoms with Crippen LogP contribution in [-0.4, -0.2) is 25.2 Å². The second-order valence-electron chi connectivity index (χ2n) is 4.28. The Morgan fingerprint density at radius 1 is 1.10 bits per heavy atom. The van der Waals surface area contributed by atoms with Crippen molar-refractivity contribution in [1.82, 2.24) is 0 Å². The fraction of sp³-hybridized carbons (Fsp3) is 0.375. The summed E-state index contributed by atoms with van der Waals surface area (Å²) in [5.74, 6) is -1.25. The summed E-state index contributed by atoms with van der Waals surface area (Å²) < 4.78 is 10.1. The Labute approximate surface area is 119 Å². The molecule has 0 bridgehead atoms. The van der Waals surface area contributed by atoms with Crippen molar-refractivity contribution in [3.63, 3.8) is 0 Å². The van der Waals surface area contributed by atoms with E-state index in [4.69, 9.17) is 9.47 Å². The Morgan fingerprint density at radius 3 is 2.00 bits per heavy atom. The topological polar surface area (TPSA) is 52.6 Å². The van der Waals surface area contributed by atoms with Gasteiger partial charge in [-0.15, -0.1) is 6.58 Å². The lowest BCUT2D eigenvalue weighted by Gasteiger charge is -2.25. The fourth-order valence-electron chi connectivity index (χ4n) is 1.90. The first kappa shape index (κ1) is 16.0. The molecule has 0 amide bonds. The van der Waals surface area contributed by atoms with Crippen LogP contribution in [0.1, 0.15) is 19.4 Å². The van der Waals surface area contributed by atoms with E-state index in [2.05, 4.69) is 6.58 Å². The third-order valence-electron chi connectivity index (χ3n) is 2.95. The molecule has 0 aliphatic heterocycles. The van der Waals surface area contributed by atoms with E-state index in [-0.39, 0.29) is 19.6 Å². The standard InChI is InChI=1S/C16H20O4/c1-4-16(14(17)19-5-2,15(18)20-6-3)12-13-10-8-7-9-11-13/h4,7-11H,1,5-6,12H2,2-3H3. The summed E-state index contributed by atoms with van der Waals surface area (Å²) in [6, 6.07) is 9.25. The van der Waals surface area contributed by atoms with E-state index in [0.717, 1.165) is 5.56 Å². The quantitative estimate of drug-likeness (QED) is 0.436. The second kappa shape index (κ2) is 7.48. The predicted octanol–water partition coefficient (Wildman–Crippen LogP) is 2.53. The first-order valence-corrected chi connectivity index (χ1v) is 6.62. The minimum Gasteiger partial charge on any atom is -0.465 e. The molecule has 4 nitrogen and oxygen atoms in total. The molecule has 1 rings (SSSR count). The van der Waals surface area contributed by atoms with Gasteiger partial charge in [0.05, 0.1) is 13.2 Å². The molecule has 0 N–H and O–H groups in total. The summed E-state index contributed by atoms with van der Waals surface area (Å²) in [4.78, 5) is 24.4. The van der Waals surface area contributed by atoms with Gasteiger partial charge in [0.1, 0.15) is 0 Å². The second-order valence-corrected chi connectivity index (χ2v) is 4.28. The molecule has 0 aromatic heterocycles. The van der Waals surface area contributed by atoms with Crippen molar-refractivity contribution < 1.29 is 19.1 Å². The molecule has 1 aromatic carbocycles. The molecule has 0 radical (unpaired) electrons. The van der Waals surface area contributed by atoms with Crippen LogP contribution in [0.3, 0.4) is 0 Å². The molecule has 20 heavy (non-hydrogen) atoms. The lowest BCUT2D eigenvalue weighted by atomic mass is 9.81. The number of hydrogen-bond acceptors (Lipinski definition) is 4. The van der Waals surface area contributed by atoms with Gasteiger partial charge in [-0.25, -0.2) is 0 Å². The van der Waals surface area contributed by atoms with Crippen molar-refractivity contribution in [3.8, 4) is 0 Å². The van der Waals surface area contributed by atoms with Crippen LogP contribution >= 0.6 is 0 Å². The van der Waals surface area contributed by atoms with Gasteiger partial charge in [0.25, 0.3) is 0 Å². The zero-order valence-electron chi connectivity index (χ0n) is 11.9. The van der Waals surface area contributed by atoms with Crippen molar-refractivity contribution in [2.45, 2.75) is 20.3 Å². The highest BCUT2D eigenvalue weighted by atomic mass is 16.6. The van der Waals surface area contributed by atoms with Gasteiger partial charge in [-0.3, -0.25) is 9.59 Å². The molecule has 108 valence electrons. The van der Waals surface area contributed by atoms with E-state index in [1.54, 1.807) is 13.8 Å². The van der Waals surface area contributed by atoms with Gasteiger partial charge in [0, 0.05) is 6.42 Å². The molecule has 1 aromatic rings. The van der Waals surface area contributed by atoms with Crippen LogP contribution in [0.15, 0.2) is 43.0 Å². The van der Waals surface area contributed by atoms with Gasteiger partial charge in [-0.1, -0.05) is 36.4 Å². The molecular weight excluding hydrogens is 256 g/mol. The molecule has 0 aliphatic rings. The number of benzene rings is 1. The molecule has 4 heteroatoms. The summed E-state index contributed by atoms with van der Waals surface area (Å²) in [5, 5.41) is 0. The van der Waals surface area contributed by atoms with Crippen LogP contribution in [-0.2, 0) is 25.5 Å². The third-order valence-corrected chi connectivity index (χ3v) is 2.95. The lowest BCUT2D eigenvalue weighted by molar-refractivity contribution is -0.167. The third kappa shape index (κ3) is 3.47. The Balaban J connectivity index is 3.13. The van der Waals surface area contributed by atoms with Gasteiger partial charge in [-0.2, -0.15) is 0 Å². The van der Waals surface area contributed by atoms with Crippen molar-refractivity contribution in [2.75, 3.05) is 13.2 Å². The van der Waals surface area contributed by atoms with Crippen LogP contribution in [0, 0.1) is 5.41 Å². The smallest absolute Gasteiger partial charge is 0.327 e. The van der Waals surface area contributed by atoms with Crippen LogP contribution in [0.4, 0.5) is 0 Å². The van der Waals surface area contributed by atoms with Gasteiger partial charge in [-0.05, 0) is 19.4 Å². The predicted molar refractivity (Wildman–Crippen MR) is 76.0 cm³/mol. The Bertz CT molecular complexity index is 447. The summed E-state index contributed by atoms with van der Waals surface area (Å²) >= 11 is 0. The maximum absolute atomic E-state index is 12.2. The van der Waals surface area contributed by atoms with E-state index in [9.17, 15) is 9.59 Å². The first-order valence-electron chi connectivity index (χ1n) is 6.62. The molecule has 0 atom stereocenters. The van der Waals surface area contributed by atoms with Crippen LogP contribution < -0.4 is 0 Å². The Hall–Kier alpha value is -2.10. The lowest BCUT2D eigenvalue weighted by Crippen LogP contribution is -2.42. The van der Waals surface area contributed by atoms with Crippen molar-refractivity contribution in [1.29, 1.82) is 0 Å². The SMILES string of the molecule is C=CC(Cc1ccccc1)(C(=O)OCC)C(=O)OCC. The first-order chi connectivity index (χ1) is 9.60. The highest BCUT2D eigenvalue weighted by molar-refractivity contribution is 6.02. The molecular formula is C16H20O4. The highest BCUT2D eigenvalue weighted by Crippen LogP contribution is 2.28. The molecule has 0 saturated carbocycles. The van der Waals surface area contributed by atoms with Crippen LogP contribution in [0.2, 0.25) is 0 Å². The number of carbonyl (C=O) groups excluding carboxylic acids is 2. The number of hydrogen-bond donors (Lipinski definition) is 0. The van der Waals surface area contributed by atoms with E-state index < -0.39 is 17.4 Å². The Kier molecular flexibility index (Phi) is 5.97. The molecule has 0 spiro atoms. The minimum atomic E-state index is -1.49. The van der Waals surface area contributed by atoms with Crippen molar-refractivity contribution in [3.05, 3.63) is 48.6 Å². The maximum Gasteiger partial charge on any atom is 0.327 e. The summed E-state index contributed by atoms with van der Waals surface area (Å²) in [7, 11) is 0. The average Bonchev–Trinajstić information content (AvgIpc) is 2.46. The number of carbonyl (C=O) groups is 2. The summed E-state index contributed by atoms with van der Waals surface area (Å²) in [5.41, 5.74) is -0.651.